The minimum absolute atomic E-state index is 0.0694. The molecule has 0 unspecified atom stereocenters. The topological polar surface area (TPSA) is 71.2 Å². The molecule has 68 valence electrons. The third-order valence-electron chi connectivity index (χ3n) is 1.54. The van der Waals surface area contributed by atoms with Gasteiger partial charge in [-0.3, -0.25) is 4.68 Å². The number of rotatable bonds is 5. The predicted octanol–water partition coefficient (Wildman–Crippen LogP) is -0.457. The lowest BCUT2D eigenvalue weighted by atomic mass is 10.3. The van der Waals surface area contributed by atoms with Crippen molar-refractivity contribution in [1.29, 1.82) is 0 Å². The van der Waals surface area contributed by atoms with Crippen molar-refractivity contribution >= 4 is 0 Å². The van der Waals surface area contributed by atoms with Crippen LogP contribution < -0.4 is 0 Å². The molecule has 0 spiro atoms. The van der Waals surface area contributed by atoms with E-state index < -0.39 is 0 Å². The number of nitrogens with zero attached hydrogens (tertiary/aromatic N) is 3. The molecule has 0 aliphatic heterocycles. The fraction of sp³-hybridized carbons (Fsp3) is 0.714. The molecule has 0 atom stereocenters. The van der Waals surface area contributed by atoms with Gasteiger partial charge in [0.1, 0.15) is 5.69 Å². The standard InChI is InChI=1S/C7H13N3O2/c11-4-2-1-3-10-5-7(6-12)8-9-10/h5,11-12H,1-4,6H2. The molecule has 0 amide bonds. The molecule has 5 nitrogen and oxygen atoms in total. The molecule has 0 aliphatic rings. The van der Waals surface area contributed by atoms with Crippen LogP contribution in [0.5, 0.6) is 0 Å². The van der Waals surface area contributed by atoms with E-state index in [2.05, 4.69) is 10.3 Å². The molecule has 0 bridgehead atoms. The van der Waals surface area contributed by atoms with Gasteiger partial charge < -0.3 is 10.2 Å². The van der Waals surface area contributed by atoms with Gasteiger partial charge in [-0.2, -0.15) is 0 Å². The van der Waals surface area contributed by atoms with E-state index in [4.69, 9.17) is 10.2 Å². The second-order valence-corrected chi connectivity index (χ2v) is 2.56. The van der Waals surface area contributed by atoms with Crippen molar-refractivity contribution < 1.29 is 10.2 Å². The lowest BCUT2D eigenvalue weighted by Crippen LogP contribution is -1.99. The molecule has 0 saturated carbocycles. The highest BCUT2D eigenvalue weighted by molar-refractivity contribution is 4.88. The number of aliphatic hydroxyl groups excluding tert-OH is 2. The van der Waals surface area contributed by atoms with Crippen molar-refractivity contribution in [3.63, 3.8) is 0 Å². The Balaban J connectivity index is 2.31. The average Bonchev–Trinajstić information content (AvgIpc) is 2.53. The summed E-state index contributed by atoms with van der Waals surface area (Å²) in [6, 6.07) is 0. The summed E-state index contributed by atoms with van der Waals surface area (Å²) in [6.45, 7) is 0.884. The molecule has 2 N–H and O–H groups in total. The molecule has 0 aromatic carbocycles. The Bertz CT molecular complexity index is 224. The van der Waals surface area contributed by atoms with E-state index in [0.29, 0.717) is 5.69 Å². The van der Waals surface area contributed by atoms with E-state index in [-0.39, 0.29) is 13.2 Å². The van der Waals surface area contributed by atoms with Crippen LogP contribution in [-0.2, 0) is 13.2 Å². The van der Waals surface area contributed by atoms with Crippen LogP contribution in [0.25, 0.3) is 0 Å². The summed E-state index contributed by atoms with van der Waals surface area (Å²) in [5.41, 5.74) is 0.582. The smallest absolute Gasteiger partial charge is 0.108 e. The normalized spacial score (nSPS) is 10.5. The third kappa shape index (κ3) is 2.60. The fourth-order valence-electron chi connectivity index (χ4n) is 0.906. The lowest BCUT2D eigenvalue weighted by Gasteiger charge is -1.96. The van der Waals surface area contributed by atoms with Crippen LogP contribution in [0.15, 0.2) is 6.20 Å². The van der Waals surface area contributed by atoms with Crippen molar-refractivity contribution in [3.05, 3.63) is 11.9 Å². The van der Waals surface area contributed by atoms with Crippen LogP contribution in [0, 0.1) is 0 Å². The Morgan fingerprint density at radius 2 is 2.17 bits per heavy atom. The highest BCUT2D eigenvalue weighted by Gasteiger charge is 1.97. The Labute approximate surface area is 70.6 Å². The van der Waals surface area contributed by atoms with Gasteiger partial charge in [0.15, 0.2) is 0 Å². The van der Waals surface area contributed by atoms with Crippen LogP contribution in [0.4, 0.5) is 0 Å². The van der Waals surface area contributed by atoms with Crippen molar-refractivity contribution in [3.8, 4) is 0 Å². The number of hydrogen-bond acceptors (Lipinski definition) is 4. The van der Waals surface area contributed by atoms with Gasteiger partial charge in [0, 0.05) is 13.2 Å². The quantitative estimate of drug-likeness (QED) is 0.588. The van der Waals surface area contributed by atoms with Gasteiger partial charge in [-0.05, 0) is 12.8 Å². The van der Waals surface area contributed by atoms with Gasteiger partial charge in [0.2, 0.25) is 0 Å². The maximum absolute atomic E-state index is 8.67. The van der Waals surface area contributed by atoms with Gasteiger partial charge in [-0.15, -0.1) is 5.10 Å². The van der Waals surface area contributed by atoms with Crippen LogP contribution >= 0.6 is 0 Å². The molecule has 12 heavy (non-hydrogen) atoms. The minimum atomic E-state index is -0.0694. The largest absolute Gasteiger partial charge is 0.396 e. The first-order valence-corrected chi connectivity index (χ1v) is 3.97. The van der Waals surface area contributed by atoms with E-state index in [1.165, 1.54) is 0 Å². The second kappa shape index (κ2) is 4.84. The van der Waals surface area contributed by atoms with Crippen LogP contribution in [0.1, 0.15) is 18.5 Å². The van der Waals surface area contributed by atoms with E-state index in [0.717, 1.165) is 19.4 Å². The molecular weight excluding hydrogens is 158 g/mol. The van der Waals surface area contributed by atoms with Crippen molar-refractivity contribution in [1.82, 2.24) is 15.0 Å². The molecule has 0 fully saturated rings. The fourth-order valence-corrected chi connectivity index (χ4v) is 0.906. The van der Waals surface area contributed by atoms with E-state index in [1.807, 2.05) is 0 Å². The highest BCUT2D eigenvalue weighted by Crippen LogP contribution is 1.95. The molecular formula is C7H13N3O2. The molecule has 5 heteroatoms. The van der Waals surface area contributed by atoms with Gasteiger partial charge in [-0.25, -0.2) is 0 Å². The Morgan fingerprint density at radius 3 is 2.75 bits per heavy atom. The molecule has 1 aromatic rings. The predicted molar refractivity (Wildman–Crippen MR) is 42.3 cm³/mol. The summed E-state index contributed by atoms with van der Waals surface area (Å²) in [7, 11) is 0. The summed E-state index contributed by atoms with van der Waals surface area (Å²) in [5, 5.41) is 24.7. The number of aliphatic hydroxyl groups is 2. The molecule has 0 aliphatic carbocycles. The van der Waals surface area contributed by atoms with Gasteiger partial charge in [0.25, 0.3) is 0 Å². The number of aryl methyl sites for hydroxylation is 1. The summed E-state index contributed by atoms with van der Waals surface area (Å²) < 4.78 is 1.67. The van der Waals surface area contributed by atoms with Crippen LogP contribution in [0.3, 0.4) is 0 Å². The molecule has 1 aromatic heterocycles. The Morgan fingerprint density at radius 1 is 1.33 bits per heavy atom. The lowest BCUT2D eigenvalue weighted by molar-refractivity contribution is 0.276. The maximum atomic E-state index is 8.67. The first-order chi connectivity index (χ1) is 5.86. The van der Waals surface area contributed by atoms with Gasteiger partial charge >= 0.3 is 0 Å². The number of hydrogen-bond donors (Lipinski definition) is 2. The molecule has 0 saturated heterocycles. The second-order valence-electron chi connectivity index (χ2n) is 2.56. The number of aromatic nitrogens is 3. The number of unbranched alkanes of at least 4 members (excludes halogenated alkanes) is 1. The SMILES string of the molecule is OCCCCn1cc(CO)nn1. The van der Waals surface area contributed by atoms with Gasteiger partial charge in [-0.1, -0.05) is 5.21 Å². The zero-order valence-electron chi connectivity index (χ0n) is 6.85. The Hall–Kier alpha value is -0.940. The zero-order valence-corrected chi connectivity index (χ0v) is 6.85. The first kappa shape index (κ1) is 9.15. The molecule has 0 radical (unpaired) electrons. The molecule has 1 rings (SSSR count). The van der Waals surface area contributed by atoms with Crippen molar-refractivity contribution in [2.24, 2.45) is 0 Å². The average molecular weight is 171 g/mol. The monoisotopic (exact) mass is 171 g/mol. The molecule has 1 heterocycles. The summed E-state index contributed by atoms with van der Waals surface area (Å²) in [6.07, 6.45) is 3.36. The first-order valence-electron chi connectivity index (χ1n) is 3.97. The summed E-state index contributed by atoms with van der Waals surface area (Å²) in [5.74, 6) is 0. The maximum Gasteiger partial charge on any atom is 0.108 e. The summed E-state index contributed by atoms with van der Waals surface area (Å²) >= 11 is 0. The van der Waals surface area contributed by atoms with Crippen molar-refractivity contribution in [2.75, 3.05) is 6.61 Å². The van der Waals surface area contributed by atoms with E-state index >= 15 is 0 Å². The van der Waals surface area contributed by atoms with E-state index in [1.54, 1.807) is 10.9 Å². The van der Waals surface area contributed by atoms with Crippen molar-refractivity contribution in [2.45, 2.75) is 26.0 Å². The van der Waals surface area contributed by atoms with E-state index in [9.17, 15) is 0 Å². The zero-order chi connectivity index (χ0) is 8.81. The van der Waals surface area contributed by atoms with Crippen LogP contribution in [-0.4, -0.2) is 31.8 Å². The minimum Gasteiger partial charge on any atom is -0.396 e. The van der Waals surface area contributed by atoms with Crippen LogP contribution in [0.2, 0.25) is 0 Å². The van der Waals surface area contributed by atoms with Gasteiger partial charge in [0.05, 0.1) is 12.8 Å². The Kier molecular flexibility index (Phi) is 3.69. The highest BCUT2D eigenvalue weighted by atomic mass is 16.3. The summed E-state index contributed by atoms with van der Waals surface area (Å²) in [4.78, 5) is 0. The third-order valence-corrected chi connectivity index (χ3v) is 1.54.